The van der Waals surface area contributed by atoms with Crippen LogP contribution in [-0.4, -0.2) is 38.0 Å². The molecule has 1 unspecified atom stereocenters. The van der Waals surface area contributed by atoms with Crippen molar-refractivity contribution in [2.75, 3.05) is 16.8 Å². The van der Waals surface area contributed by atoms with Crippen LogP contribution in [-0.2, 0) is 4.79 Å². The highest BCUT2D eigenvalue weighted by atomic mass is 32.2. The number of rotatable bonds is 2. The van der Waals surface area contributed by atoms with E-state index in [1.54, 1.807) is 11.8 Å². The van der Waals surface area contributed by atoms with Gasteiger partial charge in [0.1, 0.15) is 0 Å². The van der Waals surface area contributed by atoms with Gasteiger partial charge in [0.2, 0.25) is 5.91 Å². The van der Waals surface area contributed by atoms with Gasteiger partial charge in [0.05, 0.1) is 0 Å². The molecule has 2 heterocycles. The lowest BCUT2D eigenvalue weighted by atomic mass is 10.1. The number of nitrogens with one attached hydrogen (secondary N) is 2. The third-order valence-corrected chi connectivity index (χ3v) is 3.04. The molecule has 1 aliphatic heterocycles. The van der Waals surface area contributed by atoms with Gasteiger partial charge in [-0.15, -0.1) is 5.10 Å². The van der Waals surface area contributed by atoms with E-state index in [9.17, 15) is 4.79 Å². The Balaban J connectivity index is 1.91. The van der Waals surface area contributed by atoms with Crippen molar-refractivity contribution in [2.24, 2.45) is 5.92 Å². The van der Waals surface area contributed by atoms with Crippen LogP contribution in [0.1, 0.15) is 6.42 Å². The van der Waals surface area contributed by atoms with E-state index in [0.717, 1.165) is 17.9 Å². The lowest BCUT2D eigenvalue weighted by molar-refractivity contribution is -0.119. The first-order chi connectivity index (χ1) is 6.36. The molecular weight excluding hydrogens is 190 g/mol. The standard InChI is InChI=1S/C6H9N5OS/c12-5(4-1-2-13-3-4)7-6-8-10-11-9-6/h4H,1-3H2,(H2,7,8,9,10,11,12). The van der Waals surface area contributed by atoms with Crippen LogP contribution in [0.15, 0.2) is 0 Å². The van der Waals surface area contributed by atoms with Crippen LogP contribution in [0, 0.1) is 5.92 Å². The van der Waals surface area contributed by atoms with Gasteiger partial charge in [0, 0.05) is 11.7 Å². The minimum absolute atomic E-state index is 0.00796. The topological polar surface area (TPSA) is 83.6 Å². The second-order valence-electron chi connectivity index (χ2n) is 2.79. The molecule has 0 spiro atoms. The first-order valence-electron chi connectivity index (χ1n) is 3.98. The summed E-state index contributed by atoms with van der Waals surface area (Å²) in [5.74, 6) is 2.30. The zero-order chi connectivity index (χ0) is 9.10. The Morgan fingerprint density at radius 3 is 3.23 bits per heavy atom. The number of aromatic nitrogens is 4. The van der Waals surface area contributed by atoms with Gasteiger partial charge in [-0.1, -0.05) is 5.10 Å². The normalized spacial score (nSPS) is 21.7. The summed E-state index contributed by atoms with van der Waals surface area (Å²) in [6.45, 7) is 0. The fourth-order valence-corrected chi connectivity index (χ4v) is 2.39. The Morgan fingerprint density at radius 1 is 1.69 bits per heavy atom. The SMILES string of the molecule is O=C(Nc1nn[nH]n1)C1CCSC1. The Labute approximate surface area is 78.9 Å². The Hall–Kier alpha value is -1.11. The van der Waals surface area contributed by atoms with E-state index >= 15 is 0 Å². The molecule has 1 fully saturated rings. The molecule has 2 rings (SSSR count). The molecule has 0 aromatic carbocycles. The van der Waals surface area contributed by atoms with Crippen molar-refractivity contribution in [2.45, 2.75) is 6.42 Å². The molecule has 1 amide bonds. The largest absolute Gasteiger partial charge is 0.292 e. The molecule has 1 aromatic heterocycles. The number of carbonyl (C=O) groups is 1. The van der Waals surface area contributed by atoms with Crippen molar-refractivity contribution in [3.63, 3.8) is 0 Å². The molecule has 1 aliphatic rings. The summed E-state index contributed by atoms with van der Waals surface area (Å²) in [5.41, 5.74) is 0. The Morgan fingerprint density at radius 2 is 2.62 bits per heavy atom. The number of tetrazole rings is 1. The smallest absolute Gasteiger partial charge is 0.269 e. The zero-order valence-electron chi connectivity index (χ0n) is 6.86. The van der Waals surface area contributed by atoms with E-state index in [0.29, 0.717) is 0 Å². The number of anilines is 1. The maximum atomic E-state index is 11.5. The molecular formula is C6H9N5OS. The molecule has 1 atom stereocenters. The number of nitrogens with zero attached hydrogens (tertiary/aromatic N) is 3. The highest BCUT2D eigenvalue weighted by molar-refractivity contribution is 7.99. The van der Waals surface area contributed by atoms with Crippen LogP contribution in [0.5, 0.6) is 0 Å². The molecule has 70 valence electrons. The highest BCUT2D eigenvalue weighted by Crippen LogP contribution is 2.23. The molecule has 0 bridgehead atoms. The van der Waals surface area contributed by atoms with Crippen LogP contribution in [0.3, 0.4) is 0 Å². The van der Waals surface area contributed by atoms with E-state index in [4.69, 9.17) is 0 Å². The fraction of sp³-hybridized carbons (Fsp3) is 0.667. The summed E-state index contributed by atoms with van der Waals surface area (Å²) in [5, 5.41) is 15.5. The number of hydrogen-bond donors (Lipinski definition) is 2. The average molecular weight is 199 g/mol. The highest BCUT2D eigenvalue weighted by Gasteiger charge is 2.23. The van der Waals surface area contributed by atoms with Crippen LogP contribution in [0.2, 0.25) is 0 Å². The van der Waals surface area contributed by atoms with Crippen LogP contribution in [0.4, 0.5) is 5.95 Å². The van der Waals surface area contributed by atoms with Gasteiger partial charge in [-0.25, -0.2) is 0 Å². The molecule has 1 saturated heterocycles. The third-order valence-electron chi connectivity index (χ3n) is 1.88. The van der Waals surface area contributed by atoms with Gasteiger partial charge >= 0.3 is 0 Å². The maximum Gasteiger partial charge on any atom is 0.269 e. The fourth-order valence-electron chi connectivity index (χ4n) is 1.17. The monoisotopic (exact) mass is 199 g/mol. The summed E-state index contributed by atoms with van der Waals surface area (Å²) in [7, 11) is 0. The molecule has 2 N–H and O–H groups in total. The van der Waals surface area contributed by atoms with Crippen molar-refractivity contribution in [1.29, 1.82) is 0 Å². The molecule has 0 saturated carbocycles. The van der Waals surface area contributed by atoms with Crippen LogP contribution >= 0.6 is 11.8 Å². The second kappa shape index (κ2) is 3.73. The van der Waals surface area contributed by atoms with E-state index in [1.165, 1.54) is 0 Å². The van der Waals surface area contributed by atoms with E-state index in [2.05, 4.69) is 25.9 Å². The second-order valence-corrected chi connectivity index (χ2v) is 3.94. The number of amides is 1. The maximum absolute atomic E-state index is 11.5. The summed E-state index contributed by atoms with van der Waals surface area (Å²) in [6.07, 6.45) is 0.939. The molecule has 0 aliphatic carbocycles. The lowest BCUT2D eigenvalue weighted by Gasteiger charge is -2.05. The first-order valence-corrected chi connectivity index (χ1v) is 5.14. The summed E-state index contributed by atoms with van der Waals surface area (Å²) in [4.78, 5) is 11.5. The summed E-state index contributed by atoms with van der Waals surface area (Å²) < 4.78 is 0. The first kappa shape index (κ1) is 8.49. The van der Waals surface area contributed by atoms with Gasteiger partial charge in [-0.2, -0.15) is 17.0 Å². The van der Waals surface area contributed by atoms with E-state index in [-0.39, 0.29) is 17.8 Å². The van der Waals surface area contributed by atoms with Crippen molar-refractivity contribution in [3.8, 4) is 0 Å². The van der Waals surface area contributed by atoms with Gasteiger partial charge < -0.3 is 0 Å². The van der Waals surface area contributed by atoms with Gasteiger partial charge in [0.15, 0.2) is 0 Å². The molecule has 7 heteroatoms. The number of aromatic amines is 1. The minimum atomic E-state index is -0.00796. The molecule has 13 heavy (non-hydrogen) atoms. The zero-order valence-corrected chi connectivity index (χ0v) is 7.67. The average Bonchev–Trinajstić information content (AvgIpc) is 2.74. The van der Waals surface area contributed by atoms with Gasteiger partial charge in [-0.05, 0) is 17.4 Å². The Bertz CT molecular complexity index is 281. The van der Waals surface area contributed by atoms with Crippen molar-refractivity contribution in [1.82, 2.24) is 20.6 Å². The van der Waals surface area contributed by atoms with Crippen molar-refractivity contribution >= 4 is 23.6 Å². The summed E-state index contributed by atoms with van der Waals surface area (Å²) in [6, 6.07) is 0. The summed E-state index contributed by atoms with van der Waals surface area (Å²) >= 11 is 1.80. The van der Waals surface area contributed by atoms with Gasteiger partial charge in [-0.3, -0.25) is 10.1 Å². The minimum Gasteiger partial charge on any atom is -0.292 e. The lowest BCUT2D eigenvalue weighted by Crippen LogP contribution is -2.22. The van der Waals surface area contributed by atoms with E-state index in [1.807, 2.05) is 0 Å². The molecule has 0 radical (unpaired) electrons. The van der Waals surface area contributed by atoms with Crippen molar-refractivity contribution < 1.29 is 4.79 Å². The van der Waals surface area contributed by atoms with E-state index < -0.39 is 0 Å². The molecule has 6 nitrogen and oxygen atoms in total. The third kappa shape index (κ3) is 1.97. The number of carbonyl (C=O) groups excluding carboxylic acids is 1. The number of thioether (sulfide) groups is 1. The molecule has 1 aromatic rings. The van der Waals surface area contributed by atoms with Crippen LogP contribution in [0.25, 0.3) is 0 Å². The Kier molecular flexibility index (Phi) is 2.44. The predicted octanol–water partition coefficient (Wildman–Crippen LogP) is -0.109. The quantitative estimate of drug-likeness (QED) is 0.694. The van der Waals surface area contributed by atoms with Crippen molar-refractivity contribution in [3.05, 3.63) is 0 Å². The van der Waals surface area contributed by atoms with Gasteiger partial charge in [0.25, 0.3) is 5.95 Å². The van der Waals surface area contributed by atoms with Crippen LogP contribution < -0.4 is 5.32 Å². The number of H-pyrrole nitrogens is 1. The number of hydrogen-bond acceptors (Lipinski definition) is 5. The predicted molar refractivity (Wildman–Crippen MR) is 48.2 cm³/mol.